The van der Waals surface area contributed by atoms with Gasteiger partial charge in [0.1, 0.15) is 11.4 Å². The number of nitrogens with one attached hydrogen (secondary N) is 1. The average molecular weight is 483 g/mol. The molecule has 0 aliphatic carbocycles. The van der Waals surface area contributed by atoms with E-state index >= 15 is 0 Å². The van der Waals surface area contributed by atoms with Crippen LogP contribution < -0.4 is 19.9 Å². The van der Waals surface area contributed by atoms with Crippen molar-refractivity contribution < 1.29 is 9.84 Å². The summed E-state index contributed by atoms with van der Waals surface area (Å²) >= 11 is 0. The van der Waals surface area contributed by atoms with Crippen molar-refractivity contribution in [2.75, 3.05) is 41.9 Å². The first-order valence-electron chi connectivity index (χ1n) is 12.4. The predicted molar refractivity (Wildman–Crippen MR) is 145 cm³/mol. The van der Waals surface area contributed by atoms with Crippen molar-refractivity contribution in [3.63, 3.8) is 0 Å². The van der Waals surface area contributed by atoms with Crippen LogP contribution in [0, 0.1) is 0 Å². The van der Waals surface area contributed by atoms with E-state index in [0.717, 1.165) is 76.9 Å². The van der Waals surface area contributed by atoms with Crippen molar-refractivity contribution >= 4 is 39.6 Å². The van der Waals surface area contributed by atoms with E-state index < -0.39 is 0 Å². The van der Waals surface area contributed by atoms with Crippen LogP contribution in [0.4, 0.5) is 23.0 Å². The highest BCUT2D eigenvalue weighted by atomic mass is 16.5. The zero-order valence-electron chi connectivity index (χ0n) is 20.6. The Kier molecular flexibility index (Phi) is 5.53. The van der Waals surface area contributed by atoms with Gasteiger partial charge in [-0.05, 0) is 44.0 Å². The molecular weight excluding hydrogens is 452 g/mol. The van der Waals surface area contributed by atoms with Crippen molar-refractivity contribution in [3.05, 3.63) is 67.0 Å². The number of aromatic nitrogens is 3. The lowest BCUT2D eigenvalue weighted by molar-refractivity contribution is 0.145. The number of hydrogen-bond acceptors (Lipinski definition) is 7. The molecule has 184 valence electrons. The summed E-state index contributed by atoms with van der Waals surface area (Å²) in [6.45, 7) is 8.49. The maximum Gasteiger partial charge on any atom is 0.229 e. The van der Waals surface area contributed by atoms with Gasteiger partial charge in [0.15, 0.2) is 5.82 Å². The lowest BCUT2D eigenvalue weighted by Gasteiger charge is -2.32. The molecule has 2 aromatic heterocycles. The summed E-state index contributed by atoms with van der Waals surface area (Å²) in [6, 6.07) is 16.6. The SMILES string of the molecule is C=C1c2cc3ccccc3n2-c2nc(Nc3ccc(N4CCC(O)CC4)cc3OCC)ncc2N1C. The number of aliphatic hydroxyl groups excluding tert-OH is 1. The molecule has 0 atom stereocenters. The van der Waals surface area contributed by atoms with E-state index in [1.54, 1.807) is 0 Å². The van der Waals surface area contributed by atoms with Gasteiger partial charge in [0.25, 0.3) is 0 Å². The van der Waals surface area contributed by atoms with Gasteiger partial charge in [-0.3, -0.25) is 4.57 Å². The number of fused-ring (bicyclic) bond motifs is 5. The lowest BCUT2D eigenvalue weighted by atomic mass is 10.1. The Balaban J connectivity index is 1.36. The highest BCUT2D eigenvalue weighted by Crippen LogP contribution is 2.40. The summed E-state index contributed by atoms with van der Waals surface area (Å²) in [7, 11) is 1.99. The molecule has 4 heterocycles. The minimum atomic E-state index is -0.205. The van der Waals surface area contributed by atoms with Gasteiger partial charge in [-0.25, -0.2) is 4.98 Å². The summed E-state index contributed by atoms with van der Waals surface area (Å²) < 4.78 is 8.14. The van der Waals surface area contributed by atoms with E-state index in [4.69, 9.17) is 9.72 Å². The van der Waals surface area contributed by atoms with E-state index in [2.05, 4.69) is 56.7 Å². The summed E-state index contributed by atoms with van der Waals surface area (Å²) in [6.07, 6.45) is 3.19. The Labute approximate surface area is 210 Å². The van der Waals surface area contributed by atoms with Crippen LogP contribution in [0.25, 0.3) is 22.4 Å². The second-order valence-corrected chi connectivity index (χ2v) is 9.29. The molecule has 0 amide bonds. The maximum absolute atomic E-state index is 9.86. The highest BCUT2D eigenvalue weighted by Gasteiger charge is 2.27. The van der Waals surface area contributed by atoms with Crippen LogP contribution in [-0.4, -0.2) is 52.5 Å². The number of ether oxygens (including phenoxy) is 1. The molecule has 0 bridgehead atoms. The molecule has 1 saturated heterocycles. The minimum absolute atomic E-state index is 0.205. The van der Waals surface area contributed by atoms with Crippen LogP contribution >= 0.6 is 0 Å². The molecule has 6 rings (SSSR count). The number of aliphatic hydroxyl groups is 1. The van der Waals surface area contributed by atoms with Crippen molar-refractivity contribution in [1.29, 1.82) is 0 Å². The number of para-hydroxylation sites is 1. The lowest BCUT2D eigenvalue weighted by Crippen LogP contribution is -2.35. The molecule has 8 nitrogen and oxygen atoms in total. The van der Waals surface area contributed by atoms with Gasteiger partial charge in [-0.2, -0.15) is 4.98 Å². The van der Waals surface area contributed by atoms with Crippen LogP contribution in [0.15, 0.2) is 61.3 Å². The van der Waals surface area contributed by atoms with Crippen LogP contribution in [0.2, 0.25) is 0 Å². The van der Waals surface area contributed by atoms with Gasteiger partial charge < -0.3 is 25.0 Å². The Morgan fingerprint density at radius 3 is 2.75 bits per heavy atom. The van der Waals surface area contributed by atoms with E-state index in [1.165, 1.54) is 0 Å². The second kappa shape index (κ2) is 8.87. The van der Waals surface area contributed by atoms with Gasteiger partial charge in [-0.15, -0.1) is 0 Å². The van der Waals surface area contributed by atoms with Crippen LogP contribution in [-0.2, 0) is 0 Å². The molecule has 2 aliphatic heterocycles. The molecule has 36 heavy (non-hydrogen) atoms. The van der Waals surface area contributed by atoms with E-state index in [9.17, 15) is 5.11 Å². The molecule has 2 aromatic carbocycles. The van der Waals surface area contributed by atoms with Gasteiger partial charge >= 0.3 is 0 Å². The third-order valence-corrected chi connectivity index (χ3v) is 7.08. The standard InChI is InChI=1S/C28H30N6O2/c1-4-36-26-16-20(33-13-11-21(35)12-14-33)9-10-22(26)30-28-29-17-25-27(31-28)34-23-8-6-5-7-19(23)15-24(34)18(2)32(25)3/h5-10,15-17,21,35H,2,4,11-14H2,1,3H3,(H,29,30,31). The fourth-order valence-corrected chi connectivity index (χ4v) is 5.07. The maximum atomic E-state index is 9.86. The summed E-state index contributed by atoms with van der Waals surface area (Å²) in [4.78, 5) is 13.9. The molecule has 4 aromatic rings. The summed E-state index contributed by atoms with van der Waals surface area (Å²) in [5, 5.41) is 14.4. The monoisotopic (exact) mass is 482 g/mol. The molecular formula is C28H30N6O2. The topological polar surface area (TPSA) is 78.7 Å². The number of piperidine rings is 1. The second-order valence-electron chi connectivity index (χ2n) is 9.29. The first-order chi connectivity index (χ1) is 17.5. The fraction of sp³-hybridized carbons (Fsp3) is 0.286. The molecule has 2 N–H and O–H groups in total. The van der Waals surface area contributed by atoms with Crippen LogP contribution in [0.1, 0.15) is 25.5 Å². The van der Waals surface area contributed by atoms with E-state index in [1.807, 2.05) is 43.3 Å². The van der Waals surface area contributed by atoms with E-state index in [0.29, 0.717) is 12.6 Å². The molecule has 1 fully saturated rings. The van der Waals surface area contributed by atoms with Crippen LogP contribution in [0.5, 0.6) is 5.75 Å². The smallest absolute Gasteiger partial charge is 0.229 e. The van der Waals surface area contributed by atoms with E-state index in [-0.39, 0.29) is 6.10 Å². The van der Waals surface area contributed by atoms with Crippen LogP contribution in [0.3, 0.4) is 0 Å². The quantitative estimate of drug-likeness (QED) is 0.417. The molecule has 0 radical (unpaired) electrons. The number of rotatable bonds is 5. The summed E-state index contributed by atoms with van der Waals surface area (Å²) in [5.74, 6) is 2.05. The van der Waals surface area contributed by atoms with Gasteiger partial charge in [0, 0.05) is 37.3 Å². The Bertz CT molecular complexity index is 1450. The molecule has 8 heteroatoms. The Morgan fingerprint density at radius 1 is 1.14 bits per heavy atom. The predicted octanol–water partition coefficient (Wildman–Crippen LogP) is 4.94. The zero-order valence-corrected chi connectivity index (χ0v) is 20.6. The number of hydrogen-bond donors (Lipinski definition) is 2. The van der Waals surface area contributed by atoms with Gasteiger partial charge in [0.05, 0.1) is 41.5 Å². The van der Waals surface area contributed by atoms with Crippen molar-refractivity contribution in [3.8, 4) is 11.6 Å². The van der Waals surface area contributed by atoms with Crippen molar-refractivity contribution in [1.82, 2.24) is 14.5 Å². The largest absolute Gasteiger partial charge is 0.492 e. The average Bonchev–Trinajstić information content (AvgIpc) is 3.29. The molecule has 0 unspecified atom stereocenters. The third kappa shape index (κ3) is 3.74. The molecule has 0 saturated carbocycles. The minimum Gasteiger partial charge on any atom is -0.492 e. The highest BCUT2D eigenvalue weighted by molar-refractivity contribution is 5.94. The number of nitrogens with zero attached hydrogens (tertiary/aromatic N) is 5. The number of benzene rings is 2. The Morgan fingerprint density at radius 2 is 1.94 bits per heavy atom. The molecule has 0 spiro atoms. The molecule has 2 aliphatic rings. The normalized spacial score (nSPS) is 15.7. The third-order valence-electron chi connectivity index (χ3n) is 7.08. The van der Waals surface area contributed by atoms with Gasteiger partial charge in [-0.1, -0.05) is 24.8 Å². The van der Waals surface area contributed by atoms with Crippen molar-refractivity contribution in [2.45, 2.75) is 25.9 Å². The number of anilines is 4. The first kappa shape index (κ1) is 22.4. The summed E-state index contributed by atoms with van der Waals surface area (Å²) in [5.41, 5.74) is 5.80. The fourth-order valence-electron chi connectivity index (χ4n) is 5.07. The zero-order chi connectivity index (χ0) is 24.8. The van der Waals surface area contributed by atoms with Crippen molar-refractivity contribution in [2.24, 2.45) is 0 Å². The van der Waals surface area contributed by atoms with Gasteiger partial charge in [0.2, 0.25) is 5.95 Å². The first-order valence-corrected chi connectivity index (χ1v) is 12.4. The Hall–Kier alpha value is -4.04.